The average molecular weight is 240 g/mol. The van der Waals surface area contributed by atoms with Crippen molar-refractivity contribution in [1.29, 1.82) is 0 Å². The highest BCUT2D eigenvalue weighted by Gasteiger charge is 2.12. The van der Waals surface area contributed by atoms with E-state index >= 15 is 0 Å². The molecular weight excluding hydrogens is 232 g/mol. The van der Waals surface area contributed by atoms with Crippen molar-refractivity contribution in [3.63, 3.8) is 0 Å². The Balaban J connectivity index is 2.58. The summed E-state index contributed by atoms with van der Waals surface area (Å²) in [7, 11) is -4.63. The van der Waals surface area contributed by atoms with Gasteiger partial charge >= 0.3 is 10.4 Å². The van der Waals surface area contributed by atoms with Gasteiger partial charge in [0.15, 0.2) is 11.5 Å². The SMILES string of the molecule is O=S(=O)(O)Oc1cc2ccccc2cc1O. The molecule has 0 bridgehead atoms. The van der Waals surface area contributed by atoms with Gasteiger partial charge < -0.3 is 9.29 Å². The van der Waals surface area contributed by atoms with Crippen LogP contribution in [-0.4, -0.2) is 18.1 Å². The Bertz CT molecular complexity index is 633. The van der Waals surface area contributed by atoms with Gasteiger partial charge in [0.2, 0.25) is 0 Å². The summed E-state index contributed by atoms with van der Waals surface area (Å²) >= 11 is 0. The minimum Gasteiger partial charge on any atom is -0.504 e. The first-order valence-electron chi connectivity index (χ1n) is 4.34. The van der Waals surface area contributed by atoms with E-state index in [1.165, 1.54) is 12.1 Å². The second-order valence-electron chi connectivity index (χ2n) is 3.18. The zero-order valence-corrected chi connectivity index (χ0v) is 8.81. The topological polar surface area (TPSA) is 83.8 Å². The quantitative estimate of drug-likeness (QED) is 0.781. The van der Waals surface area contributed by atoms with Crippen LogP contribution in [0.15, 0.2) is 36.4 Å². The molecule has 0 fully saturated rings. The summed E-state index contributed by atoms with van der Waals surface area (Å²) < 4.78 is 33.7. The molecule has 0 atom stereocenters. The Hall–Kier alpha value is -1.79. The number of hydrogen-bond donors (Lipinski definition) is 2. The molecule has 6 heteroatoms. The van der Waals surface area contributed by atoms with Crippen LogP contribution < -0.4 is 4.18 Å². The number of hydrogen-bond acceptors (Lipinski definition) is 4. The third kappa shape index (κ3) is 2.23. The van der Waals surface area contributed by atoms with E-state index in [1.807, 2.05) is 0 Å². The van der Waals surface area contributed by atoms with Gasteiger partial charge in [0.05, 0.1) is 0 Å². The van der Waals surface area contributed by atoms with Gasteiger partial charge in [-0.2, -0.15) is 8.42 Å². The molecule has 2 rings (SSSR count). The number of phenolic OH excluding ortho intramolecular Hbond substituents is 1. The van der Waals surface area contributed by atoms with Crippen LogP contribution >= 0.6 is 0 Å². The Kier molecular flexibility index (Phi) is 2.45. The number of aromatic hydroxyl groups is 1. The minimum atomic E-state index is -4.63. The molecule has 0 aliphatic rings. The minimum absolute atomic E-state index is 0.304. The first-order valence-corrected chi connectivity index (χ1v) is 5.71. The van der Waals surface area contributed by atoms with Crippen LogP contribution in [0.4, 0.5) is 0 Å². The molecule has 0 saturated heterocycles. The second kappa shape index (κ2) is 3.66. The van der Waals surface area contributed by atoms with Crippen LogP contribution in [-0.2, 0) is 10.4 Å². The molecule has 0 radical (unpaired) electrons. The molecule has 0 aliphatic heterocycles. The molecule has 0 saturated carbocycles. The van der Waals surface area contributed by atoms with Gasteiger partial charge in [0.25, 0.3) is 0 Å². The van der Waals surface area contributed by atoms with Gasteiger partial charge in [0, 0.05) is 0 Å². The first-order chi connectivity index (χ1) is 7.46. The molecule has 0 unspecified atom stereocenters. The lowest BCUT2D eigenvalue weighted by atomic mass is 10.1. The monoisotopic (exact) mass is 240 g/mol. The van der Waals surface area contributed by atoms with Gasteiger partial charge in [-0.05, 0) is 22.9 Å². The Labute approximate surface area is 91.9 Å². The third-order valence-electron chi connectivity index (χ3n) is 2.02. The molecule has 0 aromatic heterocycles. The Morgan fingerprint density at radius 3 is 2.19 bits per heavy atom. The van der Waals surface area contributed by atoms with E-state index in [2.05, 4.69) is 4.18 Å². The highest BCUT2D eigenvalue weighted by atomic mass is 32.3. The van der Waals surface area contributed by atoms with Crippen molar-refractivity contribution in [2.24, 2.45) is 0 Å². The number of rotatable bonds is 2. The van der Waals surface area contributed by atoms with Crippen LogP contribution in [0.25, 0.3) is 10.8 Å². The van der Waals surface area contributed by atoms with Crippen molar-refractivity contribution in [3.8, 4) is 11.5 Å². The van der Waals surface area contributed by atoms with Crippen LogP contribution in [0, 0.1) is 0 Å². The molecule has 0 amide bonds. The molecular formula is C10H8O5S. The maximum absolute atomic E-state index is 10.5. The highest BCUT2D eigenvalue weighted by molar-refractivity contribution is 7.81. The van der Waals surface area contributed by atoms with Crippen molar-refractivity contribution in [3.05, 3.63) is 36.4 Å². The molecule has 0 heterocycles. The molecule has 2 aromatic carbocycles. The molecule has 16 heavy (non-hydrogen) atoms. The standard InChI is InChI=1S/C10H8O5S/c11-9-5-7-3-1-2-4-8(7)6-10(9)15-16(12,13)14/h1-6,11H,(H,12,13,14). The number of benzene rings is 2. The van der Waals surface area contributed by atoms with E-state index in [1.54, 1.807) is 24.3 Å². The van der Waals surface area contributed by atoms with E-state index in [0.29, 0.717) is 5.39 Å². The van der Waals surface area contributed by atoms with Crippen LogP contribution in [0.1, 0.15) is 0 Å². The van der Waals surface area contributed by atoms with Gasteiger partial charge in [-0.15, -0.1) is 0 Å². The van der Waals surface area contributed by atoms with E-state index < -0.39 is 10.4 Å². The van der Waals surface area contributed by atoms with Gasteiger partial charge in [-0.25, -0.2) is 0 Å². The van der Waals surface area contributed by atoms with Crippen molar-refractivity contribution in [2.75, 3.05) is 0 Å². The lowest BCUT2D eigenvalue weighted by Crippen LogP contribution is -2.06. The zero-order valence-electron chi connectivity index (χ0n) is 7.99. The molecule has 2 aromatic rings. The molecule has 2 N–H and O–H groups in total. The van der Waals surface area contributed by atoms with Crippen molar-refractivity contribution in [2.45, 2.75) is 0 Å². The summed E-state index contributed by atoms with van der Waals surface area (Å²) in [5, 5.41) is 10.9. The average Bonchev–Trinajstić information content (AvgIpc) is 2.17. The van der Waals surface area contributed by atoms with Gasteiger partial charge in [0.1, 0.15) is 0 Å². The fourth-order valence-electron chi connectivity index (χ4n) is 1.39. The second-order valence-corrected chi connectivity index (χ2v) is 4.20. The summed E-state index contributed by atoms with van der Waals surface area (Å²) in [6.07, 6.45) is 0. The third-order valence-corrected chi connectivity index (χ3v) is 2.41. The first kappa shape index (κ1) is 10.7. The smallest absolute Gasteiger partial charge is 0.446 e. The van der Waals surface area contributed by atoms with E-state index in [-0.39, 0.29) is 11.5 Å². The fourth-order valence-corrected chi connectivity index (χ4v) is 1.75. The van der Waals surface area contributed by atoms with E-state index in [4.69, 9.17) is 4.55 Å². The summed E-state index contributed by atoms with van der Waals surface area (Å²) in [5.41, 5.74) is 0. The van der Waals surface area contributed by atoms with Gasteiger partial charge in [-0.1, -0.05) is 24.3 Å². The van der Waals surface area contributed by atoms with Gasteiger partial charge in [-0.3, -0.25) is 4.55 Å². The van der Waals surface area contributed by atoms with Crippen molar-refractivity contribution < 1.29 is 22.3 Å². The Morgan fingerprint density at radius 1 is 1.06 bits per heavy atom. The van der Waals surface area contributed by atoms with Crippen LogP contribution in [0.3, 0.4) is 0 Å². The maximum atomic E-state index is 10.5. The van der Waals surface area contributed by atoms with E-state index in [0.717, 1.165) is 5.39 Å². The lowest BCUT2D eigenvalue weighted by molar-refractivity contribution is 0.371. The summed E-state index contributed by atoms with van der Waals surface area (Å²) in [5.74, 6) is -0.655. The Morgan fingerprint density at radius 2 is 1.62 bits per heavy atom. The largest absolute Gasteiger partial charge is 0.504 e. The predicted molar refractivity (Wildman–Crippen MR) is 57.8 cm³/mol. The maximum Gasteiger partial charge on any atom is 0.446 e. The fraction of sp³-hybridized carbons (Fsp3) is 0. The number of fused-ring (bicyclic) bond motifs is 1. The highest BCUT2D eigenvalue weighted by Crippen LogP contribution is 2.31. The van der Waals surface area contributed by atoms with Crippen molar-refractivity contribution in [1.82, 2.24) is 0 Å². The van der Waals surface area contributed by atoms with Crippen molar-refractivity contribution >= 4 is 21.2 Å². The molecule has 0 spiro atoms. The summed E-state index contributed by atoms with van der Waals surface area (Å²) in [6.45, 7) is 0. The molecule has 5 nitrogen and oxygen atoms in total. The zero-order chi connectivity index (χ0) is 11.8. The molecule has 84 valence electrons. The summed E-state index contributed by atoms with van der Waals surface area (Å²) in [6, 6.07) is 9.72. The number of phenols is 1. The normalized spacial score (nSPS) is 11.6. The summed E-state index contributed by atoms with van der Waals surface area (Å²) in [4.78, 5) is 0. The van der Waals surface area contributed by atoms with Crippen LogP contribution in [0.5, 0.6) is 11.5 Å². The predicted octanol–water partition coefficient (Wildman–Crippen LogP) is 1.73. The van der Waals surface area contributed by atoms with E-state index in [9.17, 15) is 13.5 Å². The molecule has 0 aliphatic carbocycles. The van der Waals surface area contributed by atoms with Crippen LogP contribution in [0.2, 0.25) is 0 Å². The lowest BCUT2D eigenvalue weighted by Gasteiger charge is -2.05.